The smallest absolute Gasteiger partial charge is 0.155 e. The van der Waals surface area contributed by atoms with E-state index in [0.717, 1.165) is 28.6 Å². The summed E-state index contributed by atoms with van der Waals surface area (Å²) in [6, 6.07) is 10.2. The summed E-state index contributed by atoms with van der Waals surface area (Å²) in [4.78, 5) is 11.6. The molecule has 1 aliphatic rings. The number of fused-ring (bicyclic) bond motifs is 3. The molecule has 0 fully saturated rings. The minimum Gasteiger partial charge on any atom is -0.218 e. The van der Waals surface area contributed by atoms with Crippen molar-refractivity contribution in [3.05, 3.63) is 57.3 Å². The minimum atomic E-state index is 0.595. The largest absolute Gasteiger partial charge is 0.218 e. The number of thiophene rings is 1. The summed E-state index contributed by atoms with van der Waals surface area (Å²) in [5.41, 5.74) is 2.52. The summed E-state index contributed by atoms with van der Waals surface area (Å²) in [5.74, 6) is 0.681. The van der Waals surface area contributed by atoms with Gasteiger partial charge in [0, 0.05) is 4.88 Å². The molecule has 1 aliphatic carbocycles. The first-order valence-corrected chi connectivity index (χ1v) is 8.71. The van der Waals surface area contributed by atoms with Crippen LogP contribution in [0.15, 0.2) is 30.3 Å². The van der Waals surface area contributed by atoms with E-state index in [1.807, 2.05) is 30.4 Å². The molecule has 2 nitrogen and oxygen atoms in total. The zero-order valence-corrected chi connectivity index (χ0v) is 13.6. The molecule has 3 aromatic rings. The van der Waals surface area contributed by atoms with Gasteiger partial charge in [0.05, 0.1) is 5.39 Å². The maximum Gasteiger partial charge on any atom is 0.155 e. The molecule has 4 rings (SSSR count). The number of aryl methyl sites for hydroxylation is 2. The third-order valence-electron chi connectivity index (χ3n) is 4.01. The molecule has 0 radical (unpaired) electrons. The molecular weight excluding hydrogens is 312 g/mol. The molecule has 0 amide bonds. The van der Waals surface area contributed by atoms with Crippen LogP contribution in [0.2, 0.25) is 5.15 Å². The molecule has 1 aromatic carbocycles. The van der Waals surface area contributed by atoms with Crippen LogP contribution in [0.5, 0.6) is 0 Å². The second-order valence-electron chi connectivity index (χ2n) is 5.51. The van der Waals surface area contributed by atoms with Crippen LogP contribution >= 0.6 is 22.9 Å². The fraction of sp³-hybridized carbons (Fsp3) is 0.222. The number of aromatic nitrogens is 2. The highest BCUT2D eigenvalue weighted by atomic mass is 35.5. The van der Waals surface area contributed by atoms with Crippen molar-refractivity contribution in [2.24, 2.45) is 0 Å². The molecule has 22 heavy (non-hydrogen) atoms. The highest BCUT2D eigenvalue weighted by Crippen LogP contribution is 2.38. The molecule has 0 aliphatic heterocycles. The van der Waals surface area contributed by atoms with E-state index in [-0.39, 0.29) is 0 Å². The fourth-order valence-corrected chi connectivity index (χ4v) is 4.55. The molecule has 0 spiro atoms. The predicted molar refractivity (Wildman–Crippen MR) is 94.4 cm³/mol. The Labute approximate surface area is 138 Å². The van der Waals surface area contributed by atoms with Gasteiger partial charge in [-0.25, -0.2) is 9.97 Å². The van der Waals surface area contributed by atoms with E-state index >= 15 is 0 Å². The van der Waals surface area contributed by atoms with E-state index in [1.165, 1.54) is 23.3 Å². The lowest BCUT2D eigenvalue weighted by atomic mass is 9.97. The minimum absolute atomic E-state index is 0.595. The quantitative estimate of drug-likeness (QED) is 0.590. The van der Waals surface area contributed by atoms with Gasteiger partial charge in [-0.2, -0.15) is 0 Å². The number of benzene rings is 1. The Bertz CT molecular complexity index is 852. The standard InChI is InChI=1S/C18H15ClN2S/c19-17-16-13-8-4-5-9-14(13)22-18(16)21-15(20-17)11-10-12-6-2-1-3-7-12/h1-3,6-7,10-11H,4-5,8-9H2/b11-10+. The summed E-state index contributed by atoms with van der Waals surface area (Å²) in [5, 5.41) is 1.68. The second kappa shape index (κ2) is 5.82. The first-order chi connectivity index (χ1) is 10.8. The van der Waals surface area contributed by atoms with Gasteiger partial charge in [-0.3, -0.25) is 0 Å². The van der Waals surface area contributed by atoms with E-state index in [0.29, 0.717) is 11.0 Å². The van der Waals surface area contributed by atoms with Crippen molar-refractivity contribution in [3.8, 4) is 0 Å². The van der Waals surface area contributed by atoms with Crippen LogP contribution in [0, 0.1) is 0 Å². The predicted octanol–water partition coefficient (Wildman–Crippen LogP) is 5.39. The van der Waals surface area contributed by atoms with Gasteiger partial charge in [0.15, 0.2) is 5.82 Å². The maximum absolute atomic E-state index is 6.44. The SMILES string of the molecule is Clc1nc(/C=C/c2ccccc2)nc2sc3c(c12)CCCC3. The van der Waals surface area contributed by atoms with Gasteiger partial charge in [-0.05, 0) is 42.9 Å². The van der Waals surface area contributed by atoms with Gasteiger partial charge in [-0.1, -0.05) is 48.0 Å². The van der Waals surface area contributed by atoms with Crippen molar-refractivity contribution in [2.45, 2.75) is 25.7 Å². The second-order valence-corrected chi connectivity index (χ2v) is 6.95. The Kier molecular flexibility index (Phi) is 3.68. The number of rotatable bonds is 2. The third-order valence-corrected chi connectivity index (χ3v) is 5.47. The molecule has 2 heterocycles. The van der Waals surface area contributed by atoms with Crippen LogP contribution in [0.4, 0.5) is 0 Å². The Hall–Kier alpha value is -1.71. The van der Waals surface area contributed by atoms with Crippen molar-refractivity contribution >= 4 is 45.3 Å². The van der Waals surface area contributed by atoms with E-state index < -0.39 is 0 Å². The van der Waals surface area contributed by atoms with Crippen LogP contribution in [-0.4, -0.2) is 9.97 Å². The normalized spacial score (nSPS) is 14.6. The van der Waals surface area contributed by atoms with Crippen LogP contribution in [0.25, 0.3) is 22.4 Å². The summed E-state index contributed by atoms with van der Waals surface area (Å²) in [7, 11) is 0. The number of hydrogen-bond donors (Lipinski definition) is 0. The van der Waals surface area contributed by atoms with Crippen LogP contribution < -0.4 is 0 Å². The highest BCUT2D eigenvalue weighted by molar-refractivity contribution is 7.19. The zero-order chi connectivity index (χ0) is 14.9. The van der Waals surface area contributed by atoms with E-state index in [1.54, 1.807) is 11.3 Å². The van der Waals surface area contributed by atoms with Gasteiger partial charge in [0.25, 0.3) is 0 Å². The first kappa shape index (κ1) is 13.9. The Morgan fingerprint density at radius 1 is 1.00 bits per heavy atom. The van der Waals surface area contributed by atoms with E-state index in [4.69, 9.17) is 16.6 Å². The van der Waals surface area contributed by atoms with Crippen LogP contribution in [0.1, 0.15) is 34.7 Å². The molecule has 2 aromatic heterocycles. The molecule has 0 saturated carbocycles. The van der Waals surface area contributed by atoms with Gasteiger partial charge in [0.1, 0.15) is 9.98 Å². The van der Waals surface area contributed by atoms with Gasteiger partial charge in [0.2, 0.25) is 0 Å². The highest BCUT2D eigenvalue weighted by Gasteiger charge is 2.19. The fourth-order valence-electron chi connectivity index (χ4n) is 2.94. The summed E-state index contributed by atoms with van der Waals surface area (Å²) >= 11 is 8.22. The molecule has 4 heteroatoms. The monoisotopic (exact) mass is 326 g/mol. The van der Waals surface area contributed by atoms with Gasteiger partial charge < -0.3 is 0 Å². The van der Waals surface area contributed by atoms with Crippen LogP contribution in [-0.2, 0) is 12.8 Å². The van der Waals surface area contributed by atoms with Crippen LogP contribution in [0.3, 0.4) is 0 Å². The topological polar surface area (TPSA) is 25.8 Å². The molecular formula is C18H15ClN2S. The third kappa shape index (κ3) is 2.55. The van der Waals surface area contributed by atoms with Gasteiger partial charge in [-0.15, -0.1) is 11.3 Å². The first-order valence-electron chi connectivity index (χ1n) is 7.52. The zero-order valence-electron chi connectivity index (χ0n) is 12.1. The van der Waals surface area contributed by atoms with E-state index in [9.17, 15) is 0 Å². The average molecular weight is 327 g/mol. The maximum atomic E-state index is 6.44. The average Bonchev–Trinajstić information content (AvgIpc) is 2.92. The molecule has 110 valence electrons. The summed E-state index contributed by atoms with van der Waals surface area (Å²) in [6.07, 6.45) is 8.72. The van der Waals surface area contributed by atoms with Crippen molar-refractivity contribution in [2.75, 3.05) is 0 Å². The Balaban J connectivity index is 1.76. The molecule has 0 atom stereocenters. The lowest BCUT2D eigenvalue weighted by Gasteiger charge is -2.10. The van der Waals surface area contributed by atoms with Crippen molar-refractivity contribution in [1.29, 1.82) is 0 Å². The number of hydrogen-bond acceptors (Lipinski definition) is 3. The molecule has 0 N–H and O–H groups in total. The van der Waals surface area contributed by atoms with Crippen molar-refractivity contribution < 1.29 is 0 Å². The van der Waals surface area contributed by atoms with Crippen molar-refractivity contribution in [3.63, 3.8) is 0 Å². The Morgan fingerprint density at radius 3 is 2.68 bits per heavy atom. The molecule has 0 saturated heterocycles. The number of halogens is 1. The number of nitrogens with zero attached hydrogens (tertiary/aromatic N) is 2. The lowest BCUT2D eigenvalue weighted by molar-refractivity contribution is 0.700. The van der Waals surface area contributed by atoms with Gasteiger partial charge >= 0.3 is 0 Å². The van der Waals surface area contributed by atoms with E-state index in [2.05, 4.69) is 17.1 Å². The Morgan fingerprint density at radius 2 is 1.82 bits per heavy atom. The molecule has 0 bridgehead atoms. The lowest BCUT2D eigenvalue weighted by Crippen LogP contribution is -1.98. The summed E-state index contributed by atoms with van der Waals surface area (Å²) < 4.78 is 0. The summed E-state index contributed by atoms with van der Waals surface area (Å²) in [6.45, 7) is 0. The van der Waals surface area contributed by atoms with Crippen molar-refractivity contribution in [1.82, 2.24) is 9.97 Å². The molecule has 0 unspecified atom stereocenters.